The highest BCUT2D eigenvalue weighted by atomic mass is 35.5. The highest BCUT2D eigenvalue weighted by Crippen LogP contribution is 2.42. The summed E-state index contributed by atoms with van der Waals surface area (Å²) in [5.41, 5.74) is -3.34. The molecular formula is C7H5ClF6N2O. The number of aryl methyl sites for hydroxylation is 1. The highest BCUT2D eigenvalue weighted by molar-refractivity contribution is 6.30. The lowest BCUT2D eigenvalue weighted by Crippen LogP contribution is -2.23. The third-order valence-corrected chi connectivity index (χ3v) is 2.31. The van der Waals surface area contributed by atoms with Crippen LogP contribution in [-0.4, -0.2) is 21.1 Å². The van der Waals surface area contributed by atoms with E-state index in [1.165, 1.54) is 0 Å². The van der Waals surface area contributed by atoms with Crippen molar-refractivity contribution < 1.29 is 31.4 Å². The first-order chi connectivity index (χ1) is 7.46. The maximum atomic E-state index is 12.4. The number of hydrogen-bond acceptors (Lipinski definition) is 2. The first kappa shape index (κ1) is 14.1. The van der Waals surface area contributed by atoms with E-state index >= 15 is 0 Å². The molecule has 10 heteroatoms. The van der Waals surface area contributed by atoms with Crippen LogP contribution in [0.15, 0.2) is 0 Å². The van der Waals surface area contributed by atoms with Gasteiger partial charge in [-0.15, -0.1) is 0 Å². The topological polar surface area (TPSA) is 38.0 Å². The lowest BCUT2D eigenvalue weighted by molar-refractivity contribution is -0.209. The molecule has 0 radical (unpaired) electrons. The SMILES string of the molecule is Cn1nc(C(F)(F)F)c([C@@H](O)C(F)(F)F)c1Cl. The number of aromatic nitrogens is 2. The van der Waals surface area contributed by atoms with Gasteiger partial charge in [-0.25, -0.2) is 0 Å². The zero-order valence-electron chi connectivity index (χ0n) is 8.06. The number of alkyl halides is 6. The second-order valence-electron chi connectivity index (χ2n) is 3.12. The lowest BCUT2D eigenvalue weighted by atomic mass is 10.1. The van der Waals surface area contributed by atoms with E-state index in [4.69, 9.17) is 16.7 Å². The van der Waals surface area contributed by atoms with Crippen LogP contribution in [0, 0.1) is 0 Å². The lowest BCUT2D eigenvalue weighted by Gasteiger charge is -2.15. The molecular weight excluding hydrogens is 278 g/mol. The standard InChI is InChI=1S/C7H5ClF6N2O/c1-16-5(8)2(4(17)7(12,13)14)3(15-16)6(9,10)11/h4,17H,1H3/t4-/m1/s1. The number of hydrogen-bond donors (Lipinski definition) is 1. The van der Waals surface area contributed by atoms with Crippen LogP contribution < -0.4 is 0 Å². The quantitative estimate of drug-likeness (QED) is 0.804. The van der Waals surface area contributed by atoms with Crippen LogP contribution in [0.4, 0.5) is 26.3 Å². The van der Waals surface area contributed by atoms with Gasteiger partial charge >= 0.3 is 12.4 Å². The Morgan fingerprint density at radius 1 is 1.24 bits per heavy atom. The molecule has 1 N–H and O–H groups in total. The first-order valence-electron chi connectivity index (χ1n) is 4.00. The van der Waals surface area contributed by atoms with Crippen molar-refractivity contribution >= 4 is 11.6 Å². The molecule has 1 aromatic rings. The molecule has 0 amide bonds. The number of rotatable bonds is 1. The van der Waals surface area contributed by atoms with Gasteiger partial charge in [0.05, 0.1) is 5.56 Å². The molecule has 0 aliphatic rings. The molecule has 3 nitrogen and oxygen atoms in total. The molecule has 98 valence electrons. The molecule has 0 fully saturated rings. The van der Waals surface area contributed by atoms with Crippen LogP contribution in [0.25, 0.3) is 0 Å². The Hall–Kier alpha value is -0.960. The minimum atomic E-state index is -5.26. The normalized spacial score (nSPS) is 15.1. The van der Waals surface area contributed by atoms with Crippen LogP contribution in [0.3, 0.4) is 0 Å². The van der Waals surface area contributed by atoms with E-state index in [1.807, 2.05) is 0 Å². The Labute approximate surface area is 95.6 Å². The van der Waals surface area contributed by atoms with Gasteiger partial charge in [0.2, 0.25) is 0 Å². The molecule has 1 aromatic heterocycles. The largest absolute Gasteiger partial charge is 0.435 e. The van der Waals surface area contributed by atoms with Crippen molar-refractivity contribution in [2.75, 3.05) is 0 Å². The Balaban J connectivity index is 3.42. The fourth-order valence-corrected chi connectivity index (χ4v) is 1.37. The summed E-state index contributed by atoms with van der Waals surface area (Å²) < 4.78 is 74.1. The third kappa shape index (κ3) is 2.65. The van der Waals surface area contributed by atoms with E-state index in [0.717, 1.165) is 7.05 Å². The van der Waals surface area contributed by atoms with Gasteiger partial charge in [-0.2, -0.15) is 31.4 Å². The maximum Gasteiger partial charge on any atom is 0.435 e. The molecule has 0 aliphatic carbocycles. The number of aliphatic hydroxyl groups is 1. The van der Waals surface area contributed by atoms with E-state index in [0.29, 0.717) is 4.68 Å². The molecule has 1 heterocycles. The van der Waals surface area contributed by atoms with E-state index in [1.54, 1.807) is 0 Å². The van der Waals surface area contributed by atoms with Crippen molar-refractivity contribution in [1.29, 1.82) is 0 Å². The van der Waals surface area contributed by atoms with Crippen molar-refractivity contribution in [2.45, 2.75) is 18.5 Å². The molecule has 0 spiro atoms. The predicted octanol–water partition coefficient (Wildman–Crippen LogP) is 2.69. The molecule has 17 heavy (non-hydrogen) atoms. The highest BCUT2D eigenvalue weighted by Gasteiger charge is 2.48. The monoisotopic (exact) mass is 282 g/mol. The van der Waals surface area contributed by atoms with Crippen molar-refractivity contribution in [3.05, 3.63) is 16.4 Å². The van der Waals surface area contributed by atoms with Gasteiger partial charge in [0, 0.05) is 7.05 Å². The number of aliphatic hydroxyl groups excluding tert-OH is 1. The fourth-order valence-electron chi connectivity index (χ4n) is 1.14. The van der Waals surface area contributed by atoms with E-state index in [2.05, 4.69) is 5.10 Å². The molecule has 1 rings (SSSR count). The average molecular weight is 283 g/mol. The van der Waals surface area contributed by atoms with Crippen molar-refractivity contribution in [2.24, 2.45) is 7.05 Å². The van der Waals surface area contributed by atoms with Gasteiger partial charge in [0.15, 0.2) is 11.8 Å². The van der Waals surface area contributed by atoms with Gasteiger partial charge in [0.25, 0.3) is 0 Å². The van der Waals surface area contributed by atoms with Gasteiger partial charge in [0.1, 0.15) is 5.15 Å². The van der Waals surface area contributed by atoms with Gasteiger partial charge in [-0.05, 0) is 0 Å². The zero-order valence-corrected chi connectivity index (χ0v) is 8.82. The zero-order chi connectivity index (χ0) is 13.6. The summed E-state index contributed by atoms with van der Waals surface area (Å²) in [6.45, 7) is 0. The molecule has 0 bridgehead atoms. The molecule has 0 aromatic carbocycles. The summed E-state index contributed by atoms with van der Waals surface area (Å²) in [6, 6.07) is 0. The van der Waals surface area contributed by atoms with Gasteiger partial charge in [-0.3, -0.25) is 4.68 Å². The minimum Gasteiger partial charge on any atom is -0.379 e. The van der Waals surface area contributed by atoms with Crippen LogP contribution in [-0.2, 0) is 13.2 Å². The second-order valence-corrected chi connectivity index (χ2v) is 3.48. The van der Waals surface area contributed by atoms with Gasteiger partial charge < -0.3 is 5.11 Å². The Kier molecular flexibility index (Phi) is 3.36. The van der Waals surface area contributed by atoms with Gasteiger partial charge in [-0.1, -0.05) is 11.6 Å². The van der Waals surface area contributed by atoms with Crippen LogP contribution in [0.2, 0.25) is 5.15 Å². The van der Waals surface area contributed by atoms with Crippen LogP contribution in [0.5, 0.6) is 0 Å². The smallest absolute Gasteiger partial charge is 0.379 e. The third-order valence-electron chi connectivity index (χ3n) is 1.86. The number of halogens is 7. The summed E-state index contributed by atoms with van der Waals surface area (Å²) in [7, 11) is 0.935. The summed E-state index contributed by atoms with van der Waals surface area (Å²) in [5, 5.41) is 10.7. The Morgan fingerprint density at radius 2 is 1.71 bits per heavy atom. The summed E-state index contributed by atoms with van der Waals surface area (Å²) in [5.74, 6) is 0. The fraction of sp³-hybridized carbons (Fsp3) is 0.571. The first-order valence-corrected chi connectivity index (χ1v) is 4.38. The Bertz CT molecular complexity index is 423. The van der Waals surface area contributed by atoms with E-state index in [-0.39, 0.29) is 0 Å². The molecule has 0 saturated heterocycles. The van der Waals surface area contributed by atoms with Crippen molar-refractivity contribution in [1.82, 2.24) is 9.78 Å². The van der Waals surface area contributed by atoms with Crippen LogP contribution in [0.1, 0.15) is 17.4 Å². The van der Waals surface area contributed by atoms with Crippen LogP contribution >= 0.6 is 11.6 Å². The predicted molar refractivity (Wildman–Crippen MR) is 44.2 cm³/mol. The molecule has 0 saturated carbocycles. The van der Waals surface area contributed by atoms with E-state index < -0.39 is 34.9 Å². The molecule has 0 aliphatic heterocycles. The molecule has 1 atom stereocenters. The maximum absolute atomic E-state index is 12.4. The summed E-state index contributed by atoms with van der Waals surface area (Å²) in [6.07, 6.45) is -13.7. The minimum absolute atomic E-state index is 0.411. The summed E-state index contributed by atoms with van der Waals surface area (Å²) in [4.78, 5) is 0. The molecule has 0 unspecified atom stereocenters. The average Bonchev–Trinajstić information content (AvgIpc) is 2.40. The summed E-state index contributed by atoms with van der Waals surface area (Å²) >= 11 is 5.26. The number of nitrogens with zero attached hydrogens (tertiary/aromatic N) is 2. The second kappa shape index (κ2) is 4.05. The van der Waals surface area contributed by atoms with Crippen molar-refractivity contribution in [3.8, 4) is 0 Å². The van der Waals surface area contributed by atoms with Crippen molar-refractivity contribution in [3.63, 3.8) is 0 Å². The Morgan fingerprint density at radius 3 is 2.06 bits per heavy atom. The van der Waals surface area contributed by atoms with E-state index in [9.17, 15) is 26.3 Å².